The van der Waals surface area contributed by atoms with Gasteiger partial charge in [-0.2, -0.15) is 0 Å². The van der Waals surface area contributed by atoms with Crippen molar-refractivity contribution in [2.75, 3.05) is 17.6 Å². The van der Waals surface area contributed by atoms with E-state index in [0.717, 1.165) is 31.6 Å². The van der Waals surface area contributed by atoms with Gasteiger partial charge in [-0.25, -0.2) is 9.61 Å². The zero-order chi connectivity index (χ0) is 13.8. The fourth-order valence-electron chi connectivity index (χ4n) is 2.09. The first kappa shape index (κ1) is 12.5. The molecule has 0 atom stereocenters. The van der Waals surface area contributed by atoms with Crippen LogP contribution in [0.4, 0.5) is 11.4 Å². The van der Waals surface area contributed by atoms with Crippen LogP contribution in [0.15, 0.2) is 35.5 Å². The summed E-state index contributed by atoms with van der Waals surface area (Å²) in [5.41, 5.74) is 8.56. The van der Waals surface area contributed by atoms with Gasteiger partial charge in [-0.15, -0.1) is 0 Å². The molecule has 0 radical (unpaired) electrons. The number of hydrogen-bond donors (Lipinski definition) is 2. The molecule has 1 aromatic carbocycles. The van der Waals surface area contributed by atoms with Crippen LogP contribution in [-0.4, -0.2) is 26.4 Å². The van der Waals surface area contributed by atoms with Gasteiger partial charge < -0.3 is 15.6 Å². The quantitative estimate of drug-likeness (QED) is 0.525. The number of anilines is 2. The predicted molar refractivity (Wildman–Crippen MR) is 76.2 cm³/mol. The second-order valence-corrected chi connectivity index (χ2v) is 4.60. The molecule has 0 unspecified atom stereocenters. The Morgan fingerprint density at radius 3 is 2.95 bits per heavy atom. The van der Waals surface area contributed by atoms with Crippen molar-refractivity contribution in [3.8, 4) is 0 Å². The standard InChI is InChI=1S/C13H16N6O/c14-10-3-4-11(13-12(10)17-20-18-13)16-5-1-2-7-19-8-6-15-9-19/h3-4,6,8-9,16H,1-2,5,7,14H2. The summed E-state index contributed by atoms with van der Waals surface area (Å²) in [4.78, 5) is 4.02. The maximum Gasteiger partial charge on any atom is 0.160 e. The minimum atomic E-state index is 0.576. The lowest BCUT2D eigenvalue weighted by Crippen LogP contribution is -2.04. The summed E-state index contributed by atoms with van der Waals surface area (Å²) in [5.74, 6) is 0. The number of fused-ring (bicyclic) bond motifs is 1. The van der Waals surface area contributed by atoms with Crippen LogP contribution >= 0.6 is 0 Å². The normalized spacial score (nSPS) is 11.0. The second kappa shape index (κ2) is 5.60. The summed E-state index contributed by atoms with van der Waals surface area (Å²) in [6.45, 7) is 1.84. The van der Waals surface area contributed by atoms with Crippen LogP contribution in [0.2, 0.25) is 0 Å². The van der Waals surface area contributed by atoms with Crippen molar-refractivity contribution < 1.29 is 4.63 Å². The summed E-state index contributed by atoms with van der Waals surface area (Å²) in [6.07, 6.45) is 7.73. The number of rotatable bonds is 6. The number of imidazole rings is 1. The molecule has 0 aliphatic rings. The van der Waals surface area contributed by atoms with Crippen LogP contribution in [0.3, 0.4) is 0 Å². The molecule has 20 heavy (non-hydrogen) atoms. The van der Waals surface area contributed by atoms with E-state index in [1.165, 1.54) is 0 Å². The Hall–Kier alpha value is -2.57. The Labute approximate surface area is 115 Å². The first-order valence-electron chi connectivity index (χ1n) is 6.55. The molecule has 0 saturated heterocycles. The van der Waals surface area contributed by atoms with Crippen molar-refractivity contribution in [2.45, 2.75) is 19.4 Å². The highest BCUT2D eigenvalue weighted by Gasteiger charge is 2.09. The molecule has 7 heteroatoms. The minimum absolute atomic E-state index is 0.576. The van der Waals surface area contributed by atoms with Crippen LogP contribution < -0.4 is 11.1 Å². The monoisotopic (exact) mass is 272 g/mol. The van der Waals surface area contributed by atoms with Gasteiger partial charge in [0, 0.05) is 25.5 Å². The first-order valence-corrected chi connectivity index (χ1v) is 6.55. The van der Waals surface area contributed by atoms with Crippen molar-refractivity contribution in [3.63, 3.8) is 0 Å². The summed E-state index contributed by atoms with van der Waals surface area (Å²) < 4.78 is 6.80. The molecule has 3 rings (SSSR count). The van der Waals surface area contributed by atoms with Crippen molar-refractivity contribution in [1.82, 2.24) is 19.9 Å². The van der Waals surface area contributed by atoms with E-state index in [-0.39, 0.29) is 0 Å². The Morgan fingerprint density at radius 2 is 2.10 bits per heavy atom. The largest absolute Gasteiger partial charge is 0.397 e. The van der Waals surface area contributed by atoms with E-state index in [0.29, 0.717) is 16.7 Å². The molecule has 0 aliphatic carbocycles. The number of aryl methyl sites for hydroxylation is 1. The number of nitrogens with two attached hydrogens (primary N) is 1. The van der Waals surface area contributed by atoms with Gasteiger partial charge in [0.25, 0.3) is 0 Å². The molecule has 2 heterocycles. The van der Waals surface area contributed by atoms with Crippen molar-refractivity contribution >= 4 is 22.4 Å². The number of benzene rings is 1. The lowest BCUT2D eigenvalue weighted by Gasteiger charge is -2.07. The van der Waals surface area contributed by atoms with E-state index in [1.54, 1.807) is 12.3 Å². The number of nitrogens with one attached hydrogen (secondary N) is 1. The van der Waals surface area contributed by atoms with Crippen LogP contribution in [0.5, 0.6) is 0 Å². The number of aromatic nitrogens is 4. The molecule has 0 fully saturated rings. The Bertz CT molecular complexity index is 675. The third-order valence-electron chi connectivity index (χ3n) is 3.16. The lowest BCUT2D eigenvalue weighted by molar-refractivity contribution is 0.316. The summed E-state index contributed by atoms with van der Waals surface area (Å²) in [5, 5.41) is 11.0. The Balaban J connectivity index is 1.52. The molecule has 0 spiro atoms. The maximum absolute atomic E-state index is 5.80. The van der Waals surface area contributed by atoms with Crippen molar-refractivity contribution in [2.24, 2.45) is 0 Å². The number of nitrogen functional groups attached to an aromatic ring is 1. The predicted octanol–water partition coefficient (Wildman–Crippen LogP) is 1.89. The highest BCUT2D eigenvalue weighted by molar-refractivity contribution is 5.94. The second-order valence-electron chi connectivity index (χ2n) is 4.60. The smallest absolute Gasteiger partial charge is 0.160 e. The van der Waals surface area contributed by atoms with E-state index in [9.17, 15) is 0 Å². The SMILES string of the molecule is Nc1ccc(NCCCCn2ccnc2)c2nonc12. The van der Waals surface area contributed by atoms with Crippen molar-refractivity contribution in [1.29, 1.82) is 0 Å². The van der Waals surface area contributed by atoms with Crippen LogP contribution in [0.25, 0.3) is 11.0 Å². The number of unbranched alkanes of at least 4 members (excludes halogenated alkanes) is 1. The van der Waals surface area contributed by atoms with Gasteiger partial charge in [-0.3, -0.25) is 0 Å². The molecule has 0 saturated carbocycles. The van der Waals surface area contributed by atoms with Crippen LogP contribution in [-0.2, 0) is 6.54 Å². The summed E-state index contributed by atoms with van der Waals surface area (Å²) >= 11 is 0. The highest BCUT2D eigenvalue weighted by Crippen LogP contribution is 2.24. The van der Waals surface area contributed by atoms with Gasteiger partial charge in [-0.1, -0.05) is 0 Å². The summed E-state index contributed by atoms with van der Waals surface area (Å²) in [6, 6.07) is 3.71. The molecule has 7 nitrogen and oxygen atoms in total. The zero-order valence-corrected chi connectivity index (χ0v) is 11.0. The lowest BCUT2D eigenvalue weighted by atomic mass is 10.2. The third-order valence-corrected chi connectivity index (χ3v) is 3.16. The molecule has 104 valence electrons. The Morgan fingerprint density at radius 1 is 1.20 bits per heavy atom. The zero-order valence-electron chi connectivity index (χ0n) is 11.0. The van der Waals surface area contributed by atoms with Gasteiger partial charge in [-0.05, 0) is 35.3 Å². The average Bonchev–Trinajstić information content (AvgIpc) is 3.11. The molecule has 2 aromatic heterocycles. The number of hydrogen-bond acceptors (Lipinski definition) is 6. The Kier molecular flexibility index (Phi) is 3.49. The molecule has 0 aliphatic heterocycles. The minimum Gasteiger partial charge on any atom is -0.397 e. The summed E-state index contributed by atoms with van der Waals surface area (Å²) in [7, 11) is 0. The van der Waals surface area contributed by atoms with Gasteiger partial charge in [0.2, 0.25) is 0 Å². The molecule has 0 bridgehead atoms. The number of nitrogens with zero attached hydrogens (tertiary/aromatic N) is 4. The van der Waals surface area contributed by atoms with E-state index >= 15 is 0 Å². The van der Waals surface area contributed by atoms with Crippen LogP contribution in [0.1, 0.15) is 12.8 Å². The van der Waals surface area contributed by atoms with Crippen LogP contribution in [0, 0.1) is 0 Å². The maximum atomic E-state index is 5.80. The fourth-order valence-corrected chi connectivity index (χ4v) is 2.09. The van der Waals surface area contributed by atoms with E-state index in [4.69, 9.17) is 10.4 Å². The van der Waals surface area contributed by atoms with Gasteiger partial charge in [0.15, 0.2) is 11.0 Å². The molecular weight excluding hydrogens is 256 g/mol. The van der Waals surface area contributed by atoms with Gasteiger partial charge in [0.05, 0.1) is 17.7 Å². The average molecular weight is 272 g/mol. The fraction of sp³-hybridized carbons (Fsp3) is 0.308. The molecular formula is C13H16N6O. The molecule has 0 amide bonds. The van der Waals surface area contributed by atoms with Gasteiger partial charge in [0.1, 0.15) is 0 Å². The van der Waals surface area contributed by atoms with Crippen molar-refractivity contribution in [3.05, 3.63) is 30.9 Å². The third kappa shape index (κ3) is 2.56. The highest BCUT2D eigenvalue weighted by atomic mass is 16.6. The molecule has 3 aromatic rings. The molecule has 3 N–H and O–H groups in total. The first-order chi connectivity index (χ1) is 9.84. The van der Waals surface area contributed by atoms with E-state index in [2.05, 4.69) is 25.2 Å². The van der Waals surface area contributed by atoms with Gasteiger partial charge >= 0.3 is 0 Å². The van der Waals surface area contributed by atoms with E-state index in [1.807, 2.05) is 18.6 Å². The topological polar surface area (TPSA) is 94.8 Å². The van der Waals surface area contributed by atoms with E-state index < -0.39 is 0 Å².